The van der Waals surface area contributed by atoms with Gasteiger partial charge in [0.1, 0.15) is 12.2 Å². The number of hydrogen-bond acceptors (Lipinski definition) is 6. The smallest absolute Gasteiger partial charge is 0.255 e. The molecule has 3 atom stereocenters. The zero-order valence-corrected chi connectivity index (χ0v) is 13.9. The molecule has 1 amide bonds. The van der Waals surface area contributed by atoms with Gasteiger partial charge in [0.15, 0.2) is 11.5 Å². The van der Waals surface area contributed by atoms with Crippen LogP contribution in [0.1, 0.15) is 34.9 Å². The Morgan fingerprint density at radius 3 is 3.08 bits per heavy atom. The van der Waals surface area contributed by atoms with Gasteiger partial charge in [-0.3, -0.25) is 4.79 Å². The summed E-state index contributed by atoms with van der Waals surface area (Å²) in [5.41, 5.74) is 0.451. The molecule has 2 N–H and O–H groups in total. The van der Waals surface area contributed by atoms with Crippen molar-refractivity contribution in [2.24, 2.45) is 13.0 Å². The lowest BCUT2D eigenvalue weighted by Crippen LogP contribution is -2.32. The predicted molar refractivity (Wildman–Crippen MR) is 87.4 cm³/mol. The third-order valence-electron chi connectivity index (χ3n) is 4.94. The predicted octanol–water partition coefficient (Wildman–Crippen LogP) is 0.828. The minimum atomic E-state index is -0.469. The second-order valence-corrected chi connectivity index (χ2v) is 6.55. The molecule has 8 heteroatoms. The van der Waals surface area contributed by atoms with Crippen molar-refractivity contribution in [2.75, 3.05) is 13.3 Å². The van der Waals surface area contributed by atoms with Crippen molar-refractivity contribution in [1.29, 1.82) is 0 Å². The van der Waals surface area contributed by atoms with Gasteiger partial charge in [0.2, 0.25) is 6.79 Å². The maximum atomic E-state index is 12.5. The number of aliphatic hydroxyl groups is 1. The van der Waals surface area contributed by atoms with Gasteiger partial charge in [-0.15, -0.1) is 10.2 Å². The molecule has 25 heavy (non-hydrogen) atoms. The fraction of sp³-hybridized carbons (Fsp3) is 0.471. The first kappa shape index (κ1) is 15.9. The minimum absolute atomic E-state index is 0.0143. The number of ether oxygens (including phenoxy) is 2. The number of aryl methyl sites for hydroxylation is 1. The molecule has 2 aliphatic rings. The number of carbonyl (C=O) groups excluding carboxylic acids is 1. The Hall–Kier alpha value is -2.61. The number of fused-ring (bicyclic) bond motifs is 1. The third-order valence-corrected chi connectivity index (χ3v) is 4.94. The molecule has 2 aromatic rings. The zero-order valence-electron chi connectivity index (χ0n) is 13.9. The van der Waals surface area contributed by atoms with Crippen molar-refractivity contribution in [3.8, 4) is 11.5 Å². The van der Waals surface area contributed by atoms with E-state index in [0.29, 0.717) is 30.0 Å². The van der Waals surface area contributed by atoms with Crippen LogP contribution in [0, 0.1) is 5.92 Å². The molecule has 0 saturated heterocycles. The lowest BCUT2D eigenvalue weighted by molar-refractivity contribution is 0.0912. The van der Waals surface area contributed by atoms with E-state index in [4.69, 9.17) is 9.47 Å². The Labute approximate surface area is 144 Å². The zero-order chi connectivity index (χ0) is 17.4. The van der Waals surface area contributed by atoms with Crippen LogP contribution in [-0.4, -0.2) is 45.2 Å². The Kier molecular flexibility index (Phi) is 4.04. The second kappa shape index (κ2) is 6.36. The summed E-state index contributed by atoms with van der Waals surface area (Å²) in [6.07, 6.45) is 2.59. The monoisotopic (exact) mass is 344 g/mol. The van der Waals surface area contributed by atoms with Gasteiger partial charge in [-0.2, -0.15) is 0 Å². The standard InChI is InChI=1S/C17H20N4O4/c1-21-8-19-20-16(21)10-5-11(13(22)6-10)7-18-17(23)12-3-2-4-14-15(12)25-9-24-14/h2-4,8,10-11,13,22H,5-7,9H2,1H3,(H,18,23)/t10-,11+,13+/m0/s1. The molecule has 0 radical (unpaired) electrons. The number of nitrogens with zero attached hydrogens (tertiary/aromatic N) is 3. The highest BCUT2D eigenvalue weighted by Gasteiger charge is 2.36. The normalized spacial score (nSPS) is 24.5. The molecule has 0 unspecified atom stereocenters. The van der Waals surface area contributed by atoms with E-state index in [1.807, 2.05) is 11.6 Å². The van der Waals surface area contributed by atoms with E-state index >= 15 is 0 Å². The van der Waals surface area contributed by atoms with E-state index in [1.165, 1.54) is 0 Å². The maximum Gasteiger partial charge on any atom is 0.255 e. The van der Waals surface area contributed by atoms with Crippen LogP contribution in [0.5, 0.6) is 11.5 Å². The first-order valence-electron chi connectivity index (χ1n) is 8.32. The van der Waals surface area contributed by atoms with Crippen LogP contribution < -0.4 is 14.8 Å². The summed E-state index contributed by atoms with van der Waals surface area (Å²) in [7, 11) is 1.90. The summed E-state index contributed by atoms with van der Waals surface area (Å²) in [5, 5.41) is 21.3. The van der Waals surface area contributed by atoms with Gasteiger partial charge in [-0.1, -0.05) is 6.07 Å². The van der Waals surface area contributed by atoms with Crippen molar-refractivity contribution in [3.05, 3.63) is 35.9 Å². The van der Waals surface area contributed by atoms with Crippen LogP contribution in [0.15, 0.2) is 24.5 Å². The fourth-order valence-electron chi connectivity index (χ4n) is 3.62. The summed E-state index contributed by atoms with van der Waals surface area (Å²) < 4.78 is 12.5. The molecule has 1 aromatic carbocycles. The van der Waals surface area contributed by atoms with Gasteiger partial charge in [-0.25, -0.2) is 0 Å². The number of nitrogens with one attached hydrogen (secondary N) is 1. The van der Waals surface area contributed by atoms with E-state index in [-0.39, 0.29) is 24.5 Å². The lowest BCUT2D eigenvalue weighted by Gasteiger charge is -2.15. The van der Waals surface area contributed by atoms with E-state index in [0.717, 1.165) is 12.2 Å². The maximum absolute atomic E-state index is 12.5. The summed E-state index contributed by atoms with van der Waals surface area (Å²) >= 11 is 0. The Morgan fingerprint density at radius 2 is 2.28 bits per heavy atom. The van der Waals surface area contributed by atoms with E-state index in [1.54, 1.807) is 24.5 Å². The van der Waals surface area contributed by atoms with Gasteiger partial charge in [0.05, 0.1) is 11.7 Å². The number of aliphatic hydroxyl groups excluding tert-OH is 1. The van der Waals surface area contributed by atoms with Gasteiger partial charge in [0.25, 0.3) is 5.91 Å². The van der Waals surface area contributed by atoms with E-state index in [9.17, 15) is 9.90 Å². The summed E-state index contributed by atoms with van der Waals surface area (Å²) in [5.74, 6) is 1.84. The SMILES string of the molecule is Cn1cnnc1[C@H]1C[C@H](CNC(=O)c2cccc3c2OCO3)[C@H](O)C1. The number of carbonyl (C=O) groups is 1. The molecule has 1 aromatic heterocycles. The van der Waals surface area contributed by atoms with Crippen LogP contribution in [0.3, 0.4) is 0 Å². The fourth-order valence-corrected chi connectivity index (χ4v) is 3.62. The molecule has 8 nitrogen and oxygen atoms in total. The molecule has 132 valence electrons. The number of para-hydroxylation sites is 1. The summed E-state index contributed by atoms with van der Waals surface area (Å²) in [4.78, 5) is 12.5. The average molecular weight is 344 g/mol. The highest BCUT2D eigenvalue weighted by Crippen LogP contribution is 2.38. The number of rotatable bonds is 4. The topological polar surface area (TPSA) is 98.5 Å². The van der Waals surface area contributed by atoms with E-state index in [2.05, 4.69) is 15.5 Å². The largest absolute Gasteiger partial charge is 0.454 e. The van der Waals surface area contributed by atoms with Crippen molar-refractivity contribution < 1.29 is 19.4 Å². The molecule has 4 rings (SSSR count). The number of benzene rings is 1. The quantitative estimate of drug-likeness (QED) is 0.852. The highest BCUT2D eigenvalue weighted by atomic mass is 16.7. The van der Waals surface area contributed by atoms with Gasteiger partial charge < -0.3 is 24.5 Å². The Morgan fingerprint density at radius 1 is 1.40 bits per heavy atom. The molecule has 0 bridgehead atoms. The minimum Gasteiger partial charge on any atom is -0.454 e. The van der Waals surface area contributed by atoms with Crippen LogP contribution in [-0.2, 0) is 7.05 Å². The molecule has 0 spiro atoms. The number of hydrogen-bond donors (Lipinski definition) is 2. The Bertz CT molecular complexity index is 791. The number of aromatic nitrogens is 3. The molecule has 1 aliphatic heterocycles. The highest BCUT2D eigenvalue weighted by molar-refractivity contribution is 5.97. The number of amides is 1. The van der Waals surface area contributed by atoms with Crippen molar-refractivity contribution >= 4 is 5.91 Å². The average Bonchev–Trinajstić information content (AvgIpc) is 3.31. The van der Waals surface area contributed by atoms with Crippen molar-refractivity contribution in [3.63, 3.8) is 0 Å². The van der Waals surface area contributed by atoms with Crippen LogP contribution in [0.4, 0.5) is 0 Å². The first-order valence-corrected chi connectivity index (χ1v) is 8.32. The van der Waals surface area contributed by atoms with Crippen LogP contribution in [0.2, 0.25) is 0 Å². The van der Waals surface area contributed by atoms with Crippen LogP contribution in [0.25, 0.3) is 0 Å². The Balaban J connectivity index is 1.39. The van der Waals surface area contributed by atoms with E-state index < -0.39 is 6.10 Å². The van der Waals surface area contributed by atoms with Gasteiger partial charge in [0, 0.05) is 25.4 Å². The lowest BCUT2D eigenvalue weighted by atomic mass is 10.0. The van der Waals surface area contributed by atoms with Crippen molar-refractivity contribution in [1.82, 2.24) is 20.1 Å². The summed E-state index contributed by atoms with van der Waals surface area (Å²) in [6.45, 7) is 0.527. The summed E-state index contributed by atoms with van der Waals surface area (Å²) in [6, 6.07) is 5.23. The molecule has 1 saturated carbocycles. The first-order chi connectivity index (χ1) is 12.1. The molecule has 1 aliphatic carbocycles. The van der Waals surface area contributed by atoms with Gasteiger partial charge in [-0.05, 0) is 25.0 Å². The second-order valence-electron chi connectivity index (χ2n) is 6.55. The van der Waals surface area contributed by atoms with Gasteiger partial charge >= 0.3 is 0 Å². The molecule has 1 fully saturated rings. The third kappa shape index (κ3) is 2.93. The van der Waals surface area contributed by atoms with Crippen molar-refractivity contribution in [2.45, 2.75) is 24.9 Å². The molecular weight excluding hydrogens is 324 g/mol. The molecule has 2 heterocycles. The molecular formula is C17H20N4O4. The van der Waals surface area contributed by atoms with Crippen LogP contribution >= 0.6 is 0 Å².